The molecular weight excluding hydrogens is 451 g/mol. The molecule has 3 amide bonds. The fourth-order valence-corrected chi connectivity index (χ4v) is 2.73. The number of hydrogen-bond acceptors (Lipinski definition) is 6. The van der Waals surface area contributed by atoms with Crippen LogP contribution < -0.4 is 20.9 Å². The van der Waals surface area contributed by atoms with Crippen molar-refractivity contribution in [2.75, 3.05) is 5.32 Å². The highest BCUT2D eigenvalue weighted by molar-refractivity contribution is 6.36. The van der Waals surface area contributed by atoms with Gasteiger partial charge in [-0.3, -0.25) is 35.3 Å². The molecule has 10 nitrogen and oxygen atoms in total. The van der Waals surface area contributed by atoms with Gasteiger partial charge >= 0.3 is 5.69 Å². The summed E-state index contributed by atoms with van der Waals surface area (Å²) in [5.74, 6) is -1.90. The molecule has 1 unspecified atom stereocenters. The number of carbonyl (C=O) groups excluding carboxylic acids is 3. The Balaban J connectivity index is 1.77. The predicted octanol–water partition coefficient (Wildman–Crippen LogP) is 3.24. The molecule has 12 heteroatoms. The average Bonchev–Trinajstić information content (AvgIpc) is 2.72. The lowest BCUT2D eigenvalue weighted by Crippen LogP contribution is -2.47. The highest BCUT2D eigenvalue weighted by Crippen LogP contribution is 2.27. The van der Waals surface area contributed by atoms with Crippen molar-refractivity contribution in [3.8, 4) is 5.75 Å². The molecule has 2 aromatic carbocycles. The van der Waals surface area contributed by atoms with Gasteiger partial charge in [0.05, 0.1) is 15.6 Å². The minimum Gasteiger partial charge on any atom is -0.474 e. The van der Waals surface area contributed by atoms with E-state index in [9.17, 15) is 24.5 Å². The highest BCUT2D eigenvalue weighted by atomic mass is 35.5. The van der Waals surface area contributed by atoms with E-state index in [1.54, 1.807) is 6.07 Å². The number of nitro benzene ring substituents is 1. The van der Waals surface area contributed by atoms with E-state index in [-0.39, 0.29) is 29.3 Å². The van der Waals surface area contributed by atoms with Crippen molar-refractivity contribution in [3.63, 3.8) is 0 Å². The molecule has 0 aliphatic rings. The van der Waals surface area contributed by atoms with Crippen LogP contribution in [0, 0.1) is 10.1 Å². The summed E-state index contributed by atoms with van der Waals surface area (Å²) in [6, 6.07) is 10.1. The number of nitro groups is 1. The number of nitrogens with zero attached hydrogens (tertiary/aromatic N) is 1. The number of hydrogen-bond donors (Lipinski definition) is 3. The van der Waals surface area contributed by atoms with Crippen LogP contribution in [0.3, 0.4) is 0 Å². The van der Waals surface area contributed by atoms with E-state index in [0.717, 1.165) is 0 Å². The highest BCUT2D eigenvalue weighted by Gasteiger charge is 2.21. The van der Waals surface area contributed by atoms with Gasteiger partial charge in [0, 0.05) is 23.9 Å². The molecule has 0 radical (unpaired) electrons. The van der Waals surface area contributed by atoms with Gasteiger partial charge in [-0.2, -0.15) is 0 Å². The topological polar surface area (TPSA) is 140 Å². The summed E-state index contributed by atoms with van der Waals surface area (Å²) in [6.45, 7) is 1.36. The number of anilines is 1. The van der Waals surface area contributed by atoms with Crippen molar-refractivity contribution in [1.82, 2.24) is 10.9 Å². The fraction of sp³-hybridized carbons (Fsp3) is 0.211. The van der Waals surface area contributed by atoms with E-state index in [0.29, 0.717) is 10.7 Å². The third-order valence-corrected chi connectivity index (χ3v) is 4.39. The number of hydrazine groups is 1. The molecule has 164 valence electrons. The third kappa shape index (κ3) is 7.43. The summed E-state index contributed by atoms with van der Waals surface area (Å²) >= 11 is 11.7. The van der Waals surface area contributed by atoms with Gasteiger partial charge in [-0.15, -0.1) is 0 Å². The van der Waals surface area contributed by atoms with Crippen LogP contribution in [0.2, 0.25) is 10.0 Å². The number of ether oxygens (including phenoxy) is 1. The van der Waals surface area contributed by atoms with Crippen LogP contribution in [-0.2, 0) is 14.4 Å². The summed E-state index contributed by atoms with van der Waals surface area (Å²) in [7, 11) is 0. The molecule has 0 aliphatic heterocycles. The van der Waals surface area contributed by atoms with Crippen molar-refractivity contribution in [2.45, 2.75) is 25.9 Å². The molecule has 0 fully saturated rings. The minimum absolute atomic E-state index is 0.0843. The summed E-state index contributed by atoms with van der Waals surface area (Å²) < 4.78 is 5.29. The molecule has 1 atom stereocenters. The number of benzene rings is 2. The van der Waals surface area contributed by atoms with Gasteiger partial charge in [0.1, 0.15) is 0 Å². The zero-order valence-electron chi connectivity index (χ0n) is 16.2. The Labute approximate surface area is 187 Å². The number of nitrogens with one attached hydrogen (secondary N) is 3. The fourth-order valence-electron chi connectivity index (χ4n) is 2.28. The first-order valence-electron chi connectivity index (χ1n) is 8.91. The third-order valence-electron chi connectivity index (χ3n) is 3.84. The smallest absolute Gasteiger partial charge is 0.310 e. The van der Waals surface area contributed by atoms with Crippen LogP contribution in [0.5, 0.6) is 5.75 Å². The zero-order valence-corrected chi connectivity index (χ0v) is 17.7. The number of rotatable bonds is 8. The molecule has 0 aliphatic carbocycles. The second kappa shape index (κ2) is 11.1. The van der Waals surface area contributed by atoms with E-state index in [1.165, 1.54) is 43.3 Å². The number of carbonyl (C=O) groups is 3. The molecule has 2 aromatic rings. The minimum atomic E-state index is -1.13. The van der Waals surface area contributed by atoms with Crippen LogP contribution in [0.15, 0.2) is 42.5 Å². The van der Waals surface area contributed by atoms with Crippen molar-refractivity contribution in [1.29, 1.82) is 0 Å². The summed E-state index contributed by atoms with van der Waals surface area (Å²) in [5.41, 5.74) is 4.35. The lowest BCUT2D eigenvalue weighted by atomic mass is 10.2. The van der Waals surface area contributed by atoms with E-state index in [4.69, 9.17) is 27.9 Å². The molecule has 0 spiro atoms. The molecule has 0 heterocycles. The number of para-hydroxylation sites is 2. The second-order valence-corrected chi connectivity index (χ2v) is 7.04. The van der Waals surface area contributed by atoms with Crippen LogP contribution in [0.25, 0.3) is 0 Å². The van der Waals surface area contributed by atoms with E-state index in [2.05, 4.69) is 16.2 Å². The molecule has 2 rings (SSSR count). The average molecular weight is 469 g/mol. The SMILES string of the molecule is CC(Oc1ccccc1[N+](=O)[O-])C(=O)NNC(=O)CCC(=O)Nc1ccc(Cl)cc1Cl. The molecule has 0 saturated heterocycles. The van der Waals surface area contributed by atoms with E-state index in [1.807, 2.05) is 0 Å². The predicted molar refractivity (Wildman–Crippen MR) is 114 cm³/mol. The Morgan fingerprint density at radius 1 is 1.06 bits per heavy atom. The maximum Gasteiger partial charge on any atom is 0.310 e. The number of amides is 3. The Morgan fingerprint density at radius 3 is 2.42 bits per heavy atom. The van der Waals surface area contributed by atoms with Crippen molar-refractivity contribution in [3.05, 3.63) is 62.6 Å². The van der Waals surface area contributed by atoms with Crippen molar-refractivity contribution in [2.24, 2.45) is 0 Å². The van der Waals surface area contributed by atoms with E-state index >= 15 is 0 Å². The molecular formula is C19H18Cl2N4O6. The standard InChI is InChI=1S/C19H18Cl2N4O6/c1-11(31-16-5-3-2-4-15(16)25(29)30)19(28)24-23-18(27)9-8-17(26)22-14-7-6-12(20)10-13(14)21/h2-7,10-11H,8-9H2,1H3,(H,22,26)(H,23,27)(H,24,28). The van der Waals surface area contributed by atoms with Crippen LogP contribution in [0.4, 0.5) is 11.4 Å². The van der Waals surface area contributed by atoms with Gasteiger partial charge in [-0.05, 0) is 31.2 Å². The van der Waals surface area contributed by atoms with Gasteiger partial charge in [0.25, 0.3) is 5.91 Å². The quantitative estimate of drug-likeness (QED) is 0.401. The monoisotopic (exact) mass is 468 g/mol. The Bertz CT molecular complexity index is 1000. The van der Waals surface area contributed by atoms with Gasteiger partial charge in [0.15, 0.2) is 11.9 Å². The van der Waals surface area contributed by atoms with Crippen molar-refractivity contribution >= 4 is 52.3 Å². The van der Waals surface area contributed by atoms with Crippen LogP contribution >= 0.6 is 23.2 Å². The normalized spacial score (nSPS) is 11.2. The van der Waals surface area contributed by atoms with Gasteiger partial charge in [-0.1, -0.05) is 35.3 Å². The van der Waals surface area contributed by atoms with E-state index < -0.39 is 28.7 Å². The Morgan fingerprint density at radius 2 is 1.74 bits per heavy atom. The van der Waals surface area contributed by atoms with Gasteiger partial charge in [-0.25, -0.2) is 0 Å². The summed E-state index contributed by atoms with van der Waals surface area (Å²) in [6.07, 6.45) is -1.50. The molecule has 31 heavy (non-hydrogen) atoms. The van der Waals surface area contributed by atoms with Crippen molar-refractivity contribution < 1.29 is 24.0 Å². The first-order chi connectivity index (χ1) is 14.7. The lowest BCUT2D eigenvalue weighted by molar-refractivity contribution is -0.386. The second-order valence-electron chi connectivity index (χ2n) is 6.19. The Hall–Kier alpha value is -3.37. The summed E-state index contributed by atoms with van der Waals surface area (Å²) in [5, 5.41) is 14.2. The van der Waals surface area contributed by atoms with Gasteiger partial charge in [0.2, 0.25) is 11.8 Å². The zero-order chi connectivity index (χ0) is 23.0. The first kappa shape index (κ1) is 23.9. The maximum atomic E-state index is 12.1. The maximum absolute atomic E-state index is 12.1. The lowest BCUT2D eigenvalue weighted by Gasteiger charge is -2.15. The van der Waals surface area contributed by atoms with Crippen LogP contribution in [0.1, 0.15) is 19.8 Å². The van der Waals surface area contributed by atoms with Gasteiger partial charge < -0.3 is 10.1 Å². The number of halogens is 2. The Kier molecular flexibility index (Phi) is 8.59. The van der Waals surface area contributed by atoms with Crippen LogP contribution in [-0.4, -0.2) is 28.7 Å². The molecule has 3 N–H and O–H groups in total. The molecule has 0 bridgehead atoms. The summed E-state index contributed by atoms with van der Waals surface area (Å²) in [4.78, 5) is 46.2. The largest absolute Gasteiger partial charge is 0.474 e. The molecule has 0 saturated carbocycles. The molecule has 0 aromatic heterocycles. The first-order valence-corrected chi connectivity index (χ1v) is 9.66.